The van der Waals surface area contributed by atoms with Crippen molar-refractivity contribution in [2.75, 3.05) is 32.8 Å². The molecule has 4 heterocycles. The standard InChI is InChI=1S/C17H26N2OS/c1-2-8-19(7-1)16-13-18(12-15-6-4-10-21-15)11-14-5-3-9-20-17(14)16/h4,6,10,14,16-17H,1-3,5,7-9,11-13H2/t14-,16+,17-/m0/s1. The van der Waals surface area contributed by atoms with E-state index in [0.717, 1.165) is 19.1 Å². The number of thiophene rings is 1. The Bertz CT molecular complexity index is 444. The second-order valence-corrected chi connectivity index (χ2v) is 7.85. The van der Waals surface area contributed by atoms with Gasteiger partial charge in [-0.05, 0) is 56.1 Å². The van der Waals surface area contributed by atoms with E-state index in [-0.39, 0.29) is 0 Å². The minimum absolute atomic E-state index is 0.497. The van der Waals surface area contributed by atoms with Gasteiger partial charge in [0.25, 0.3) is 0 Å². The van der Waals surface area contributed by atoms with Gasteiger partial charge in [0, 0.05) is 37.2 Å². The van der Waals surface area contributed by atoms with Gasteiger partial charge in [0.1, 0.15) is 0 Å². The molecule has 21 heavy (non-hydrogen) atoms. The van der Waals surface area contributed by atoms with E-state index in [1.807, 2.05) is 11.3 Å². The van der Waals surface area contributed by atoms with E-state index in [0.29, 0.717) is 12.1 Å². The molecular weight excluding hydrogens is 280 g/mol. The number of ether oxygens (including phenoxy) is 1. The van der Waals surface area contributed by atoms with E-state index in [9.17, 15) is 0 Å². The maximum absolute atomic E-state index is 6.22. The average molecular weight is 306 g/mol. The van der Waals surface area contributed by atoms with Crippen LogP contribution in [0.5, 0.6) is 0 Å². The van der Waals surface area contributed by atoms with Crippen LogP contribution in [-0.4, -0.2) is 54.7 Å². The molecule has 3 aliphatic rings. The molecule has 0 aromatic carbocycles. The molecule has 1 aromatic heterocycles. The number of fused-ring (bicyclic) bond motifs is 1. The van der Waals surface area contributed by atoms with Crippen LogP contribution < -0.4 is 0 Å². The molecule has 0 bridgehead atoms. The lowest BCUT2D eigenvalue weighted by Gasteiger charge is -2.48. The molecule has 0 amide bonds. The molecule has 3 saturated heterocycles. The monoisotopic (exact) mass is 306 g/mol. The SMILES string of the molecule is c1csc(CN2C[C@@H]3CCCO[C@@H]3[C@H](N3CCCC3)C2)c1. The van der Waals surface area contributed by atoms with Crippen molar-refractivity contribution in [3.05, 3.63) is 22.4 Å². The van der Waals surface area contributed by atoms with Gasteiger partial charge in [-0.15, -0.1) is 11.3 Å². The van der Waals surface area contributed by atoms with Crippen LogP contribution in [-0.2, 0) is 11.3 Å². The number of rotatable bonds is 3. The van der Waals surface area contributed by atoms with Crippen molar-refractivity contribution in [3.8, 4) is 0 Å². The maximum atomic E-state index is 6.22. The number of hydrogen-bond donors (Lipinski definition) is 0. The fourth-order valence-corrected chi connectivity index (χ4v) is 5.16. The Hall–Kier alpha value is -0.420. The van der Waals surface area contributed by atoms with Gasteiger partial charge in [-0.2, -0.15) is 0 Å². The summed E-state index contributed by atoms with van der Waals surface area (Å²) in [6, 6.07) is 5.08. The Morgan fingerprint density at radius 3 is 2.90 bits per heavy atom. The van der Waals surface area contributed by atoms with Gasteiger partial charge in [0.05, 0.1) is 6.10 Å². The fourth-order valence-electron chi connectivity index (χ4n) is 4.41. The summed E-state index contributed by atoms with van der Waals surface area (Å²) in [4.78, 5) is 6.90. The normalized spacial score (nSPS) is 35.0. The molecule has 0 aliphatic carbocycles. The van der Waals surface area contributed by atoms with Crippen molar-refractivity contribution < 1.29 is 4.74 Å². The average Bonchev–Trinajstić information content (AvgIpc) is 3.20. The minimum Gasteiger partial charge on any atom is -0.376 e. The van der Waals surface area contributed by atoms with E-state index >= 15 is 0 Å². The predicted molar refractivity (Wildman–Crippen MR) is 86.7 cm³/mol. The lowest BCUT2D eigenvalue weighted by atomic mass is 9.84. The molecule has 1 aromatic rings. The molecule has 0 saturated carbocycles. The Labute approximate surface area is 131 Å². The van der Waals surface area contributed by atoms with Crippen LogP contribution in [0.4, 0.5) is 0 Å². The molecule has 0 radical (unpaired) electrons. The van der Waals surface area contributed by atoms with E-state index in [1.165, 1.54) is 56.7 Å². The number of likely N-dealkylation sites (tertiary alicyclic amines) is 2. The Morgan fingerprint density at radius 2 is 2.10 bits per heavy atom. The van der Waals surface area contributed by atoms with Crippen LogP contribution >= 0.6 is 11.3 Å². The molecule has 3 atom stereocenters. The van der Waals surface area contributed by atoms with Crippen molar-refractivity contribution in [3.63, 3.8) is 0 Å². The quantitative estimate of drug-likeness (QED) is 0.854. The van der Waals surface area contributed by atoms with Crippen molar-refractivity contribution >= 4 is 11.3 Å². The van der Waals surface area contributed by atoms with Crippen molar-refractivity contribution in [1.29, 1.82) is 0 Å². The summed E-state index contributed by atoms with van der Waals surface area (Å²) < 4.78 is 6.22. The second kappa shape index (κ2) is 6.37. The summed E-state index contributed by atoms with van der Waals surface area (Å²) in [5.41, 5.74) is 0. The summed E-state index contributed by atoms with van der Waals surface area (Å²) in [5, 5.41) is 2.20. The topological polar surface area (TPSA) is 15.7 Å². The van der Waals surface area contributed by atoms with Crippen LogP contribution in [0.3, 0.4) is 0 Å². The van der Waals surface area contributed by atoms with Crippen LogP contribution in [0.2, 0.25) is 0 Å². The van der Waals surface area contributed by atoms with Gasteiger partial charge in [-0.3, -0.25) is 9.80 Å². The Balaban J connectivity index is 1.49. The van der Waals surface area contributed by atoms with E-state index < -0.39 is 0 Å². The summed E-state index contributed by atoms with van der Waals surface area (Å²) in [5.74, 6) is 0.748. The summed E-state index contributed by atoms with van der Waals surface area (Å²) >= 11 is 1.89. The first kappa shape index (κ1) is 14.2. The highest BCUT2D eigenvalue weighted by atomic mass is 32.1. The minimum atomic E-state index is 0.497. The van der Waals surface area contributed by atoms with Crippen LogP contribution in [0.1, 0.15) is 30.6 Å². The molecule has 4 rings (SSSR count). The van der Waals surface area contributed by atoms with Crippen LogP contribution in [0.25, 0.3) is 0 Å². The molecule has 3 nitrogen and oxygen atoms in total. The number of hydrogen-bond acceptors (Lipinski definition) is 4. The van der Waals surface area contributed by atoms with Gasteiger partial charge in [-0.25, -0.2) is 0 Å². The lowest BCUT2D eigenvalue weighted by Crippen LogP contribution is -2.60. The third kappa shape index (κ3) is 3.04. The van der Waals surface area contributed by atoms with Gasteiger partial charge < -0.3 is 4.74 Å². The Kier molecular flexibility index (Phi) is 4.30. The predicted octanol–water partition coefficient (Wildman–Crippen LogP) is 2.82. The number of nitrogens with zero attached hydrogens (tertiary/aromatic N) is 2. The van der Waals surface area contributed by atoms with E-state index in [1.54, 1.807) is 0 Å². The summed E-state index contributed by atoms with van der Waals surface area (Å²) in [7, 11) is 0. The molecule has 3 aliphatic heterocycles. The molecule has 0 N–H and O–H groups in total. The third-order valence-electron chi connectivity index (χ3n) is 5.38. The summed E-state index contributed by atoms with van der Waals surface area (Å²) in [6.45, 7) is 7.10. The third-order valence-corrected chi connectivity index (χ3v) is 6.24. The molecular formula is C17H26N2OS. The lowest BCUT2D eigenvalue weighted by molar-refractivity contribution is -0.112. The fraction of sp³-hybridized carbons (Fsp3) is 0.765. The van der Waals surface area contributed by atoms with Crippen LogP contribution in [0.15, 0.2) is 17.5 Å². The van der Waals surface area contributed by atoms with Gasteiger partial charge in [0.15, 0.2) is 0 Å². The zero-order chi connectivity index (χ0) is 14.1. The molecule has 0 spiro atoms. The first-order valence-corrected chi connectivity index (χ1v) is 9.38. The van der Waals surface area contributed by atoms with Crippen molar-refractivity contribution in [2.24, 2.45) is 5.92 Å². The Morgan fingerprint density at radius 1 is 1.19 bits per heavy atom. The van der Waals surface area contributed by atoms with Crippen molar-refractivity contribution in [1.82, 2.24) is 9.80 Å². The zero-order valence-corrected chi connectivity index (χ0v) is 13.6. The second-order valence-electron chi connectivity index (χ2n) is 6.82. The van der Waals surface area contributed by atoms with E-state index in [2.05, 4.69) is 27.3 Å². The largest absolute Gasteiger partial charge is 0.376 e. The molecule has 3 fully saturated rings. The molecule has 0 unspecified atom stereocenters. The molecule has 116 valence electrons. The first-order chi connectivity index (χ1) is 10.4. The molecule has 4 heteroatoms. The van der Waals surface area contributed by atoms with Gasteiger partial charge >= 0.3 is 0 Å². The highest BCUT2D eigenvalue weighted by molar-refractivity contribution is 7.09. The highest BCUT2D eigenvalue weighted by Gasteiger charge is 2.42. The van der Waals surface area contributed by atoms with Gasteiger partial charge in [0.2, 0.25) is 0 Å². The number of piperidine rings is 1. The van der Waals surface area contributed by atoms with E-state index in [4.69, 9.17) is 4.74 Å². The van der Waals surface area contributed by atoms with Crippen molar-refractivity contribution in [2.45, 2.75) is 44.4 Å². The summed E-state index contributed by atoms with van der Waals surface area (Å²) in [6.07, 6.45) is 5.85. The zero-order valence-electron chi connectivity index (χ0n) is 12.7. The van der Waals surface area contributed by atoms with Gasteiger partial charge in [-0.1, -0.05) is 6.07 Å². The van der Waals surface area contributed by atoms with Crippen LogP contribution in [0, 0.1) is 5.92 Å². The first-order valence-electron chi connectivity index (χ1n) is 8.50. The highest BCUT2D eigenvalue weighted by Crippen LogP contribution is 2.33. The smallest absolute Gasteiger partial charge is 0.0782 e. The maximum Gasteiger partial charge on any atom is 0.0782 e.